The van der Waals surface area contributed by atoms with Gasteiger partial charge in [-0.15, -0.1) is 0 Å². The van der Waals surface area contributed by atoms with Crippen LogP contribution in [0.15, 0.2) is 99.7 Å². The molecule has 0 aromatic heterocycles. The summed E-state index contributed by atoms with van der Waals surface area (Å²) in [6.45, 7) is 4.07. The van der Waals surface area contributed by atoms with Crippen LogP contribution >= 0.6 is 15.9 Å². The van der Waals surface area contributed by atoms with Crippen LogP contribution in [0.5, 0.6) is 17.2 Å². The highest BCUT2D eigenvalue weighted by Crippen LogP contribution is 2.35. The van der Waals surface area contributed by atoms with Crippen LogP contribution in [0.1, 0.15) is 36.6 Å². The van der Waals surface area contributed by atoms with E-state index in [2.05, 4.69) is 61.4 Å². The molecule has 1 aliphatic heterocycles. The van der Waals surface area contributed by atoms with E-state index in [-0.39, 0.29) is 12.2 Å². The number of carbonyl (C=O) groups excluding carboxylic acids is 2. The number of carbonyl (C=O) groups is 2. The van der Waals surface area contributed by atoms with Gasteiger partial charge in [0.05, 0.1) is 36.0 Å². The van der Waals surface area contributed by atoms with Gasteiger partial charge in [0.15, 0.2) is 17.7 Å². The molecule has 0 spiro atoms. The molecule has 4 N–H and O–H groups in total. The summed E-state index contributed by atoms with van der Waals surface area (Å²) >= 11 is 3.57. The van der Waals surface area contributed by atoms with Crippen LogP contribution in [0, 0.1) is 0 Å². The van der Waals surface area contributed by atoms with E-state index in [1.165, 1.54) is 12.5 Å². The second kappa shape index (κ2) is 15.5. The Labute approximate surface area is 280 Å². The van der Waals surface area contributed by atoms with Crippen molar-refractivity contribution in [3.8, 4) is 17.2 Å². The van der Waals surface area contributed by atoms with Gasteiger partial charge in [0.2, 0.25) is 0 Å². The molecule has 0 saturated heterocycles. The van der Waals surface area contributed by atoms with Gasteiger partial charge in [-0.1, -0.05) is 48.5 Å². The number of halogens is 1. The Bertz CT molecular complexity index is 1820. The summed E-state index contributed by atoms with van der Waals surface area (Å²) in [5, 5.41) is 22.3. The first-order chi connectivity index (χ1) is 22.8. The summed E-state index contributed by atoms with van der Waals surface area (Å²) in [7, 11) is 1.28. The number of urea groups is 1. The van der Waals surface area contributed by atoms with Crippen LogP contribution in [0.4, 0.5) is 4.79 Å². The van der Waals surface area contributed by atoms with Gasteiger partial charge in [0.1, 0.15) is 19.0 Å². The zero-order chi connectivity index (χ0) is 33.3. The van der Waals surface area contributed by atoms with Crippen molar-refractivity contribution in [3.05, 3.63) is 111 Å². The molecule has 4 aromatic carbocycles. The number of benzene rings is 4. The lowest BCUT2D eigenvalue weighted by Gasteiger charge is -2.28. The number of ether oxygens (including phenoxy) is 4. The maximum absolute atomic E-state index is 12.5. The third-order valence-corrected chi connectivity index (χ3v) is 7.95. The van der Waals surface area contributed by atoms with Crippen molar-refractivity contribution in [2.24, 2.45) is 5.10 Å². The highest BCUT2D eigenvalue weighted by Gasteiger charge is 2.32. The third kappa shape index (κ3) is 8.21. The minimum atomic E-state index is -1.13. The predicted molar refractivity (Wildman–Crippen MR) is 181 cm³/mol. The zero-order valence-electron chi connectivity index (χ0n) is 26.1. The van der Waals surface area contributed by atoms with Gasteiger partial charge < -0.3 is 34.7 Å². The first kappa shape index (κ1) is 33.3. The number of amides is 2. The fourth-order valence-electron chi connectivity index (χ4n) is 5.11. The lowest BCUT2D eigenvalue weighted by atomic mass is 9.95. The summed E-state index contributed by atoms with van der Waals surface area (Å²) in [6.07, 6.45) is 0.442. The second-order valence-corrected chi connectivity index (χ2v) is 11.4. The third-order valence-electron chi connectivity index (χ3n) is 7.33. The Hall–Kier alpha value is -5.07. The van der Waals surface area contributed by atoms with Gasteiger partial charge in [-0.2, -0.15) is 5.10 Å². The molecular formula is C35H35BrN4O7. The van der Waals surface area contributed by atoms with E-state index in [9.17, 15) is 14.7 Å². The van der Waals surface area contributed by atoms with E-state index in [1.807, 2.05) is 43.3 Å². The molecule has 0 aliphatic carbocycles. The van der Waals surface area contributed by atoms with E-state index >= 15 is 0 Å². The molecule has 1 aliphatic rings. The number of nitrogens with zero attached hydrogens (tertiary/aromatic N) is 1. The molecule has 47 heavy (non-hydrogen) atoms. The van der Waals surface area contributed by atoms with Gasteiger partial charge in [0, 0.05) is 5.70 Å². The van der Waals surface area contributed by atoms with E-state index < -0.39 is 24.3 Å². The molecule has 0 unspecified atom stereocenters. The maximum Gasteiger partial charge on any atom is 0.337 e. The molecule has 0 saturated carbocycles. The Morgan fingerprint density at radius 1 is 1.02 bits per heavy atom. The van der Waals surface area contributed by atoms with Crippen molar-refractivity contribution < 1.29 is 33.6 Å². The van der Waals surface area contributed by atoms with Gasteiger partial charge in [-0.25, -0.2) is 9.59 Å². The molecule has 4 aromatic rings. The minimum Gasteiger partial charge on any atom is -0.490 e. The molecule has 2 amide bonds. The Kier molecular flexibility index (Phi) is 11.0. The molecule has 11 nitrogen and oxygen atoms in total. The smallest absolute Gasteiger partial charge is 0.337 e. The summed E-state index contributed by atoms with van der Waals surface area (Å²) < 4.78 is 23.4. The Balaban J connectivity index is 1.17. The number of methoxy groups -OCH3 is 1. The second-order valence-electron chi connectivity index (χ2n) is 10.5. The summed E-state index contributed by atoms with van der Waals surface area (Å²) in [6, 6.07) is 23.8. The molecule has 0 radical (unpaired) electrons. The SMILES string of the molecule is CCOc1cc([C@@H]2NC(=O)NC(C)=C2C(=O)OC)ccc1OC[C@@H](O)N/N=C\c1ccc(OCc2cccc3ccccc23)c(Br)c1. The van der Waals surface area contributed by atoms with Crippen LogP contribution in [0.25, 0.3) is 10.8 Å². The number of aliphatic hydroxyl groups is 1. The number of hydrogen-bond donors (Lipinski definition) is 4. The van der Waals surface area contributed by atoms with Crippen LogP contribution < -0.4 is 30.3 Å². The number of hydrazone groups is 1. The highest BCUT2D eigenvalue weighted by atomic mass is 79.9. The molecule has 5 rings (SSSR count). The Morgan fingerprint density at radius 2 is 1.81 bits per heavy atom. The minimum absolute atomic E-state index is 0.141. The van der Waals surface area contributed by atoms with E-state index in [4.69, 9.17) is 18.9 Å². The average Bonchev–Trinajstić information content (AvgIpc) is 3.06. The topological polar surface area (TPSA) is 140 Å². The summed E-state index contributed by atoms with van der Waals surface area (Å²) in [5.74, 6) is 0.872. The van der Waals surface area contributed by atoms with Gasteiger partial charge >= 0.3 is 12.0 Å². The molecule has 244 valence electrons. The fourth-order valence-corrected chi connectivity index (χ4v) is 5.62. The van der Waals surface area contributed by atoms with Gasteiger partial charge in [-0.3, -0.25) is 5.43 Å². The van der Waals surface area contributed by atoms with Crippen LogP contribution in [0.2, 0.25) is 0 Å². The number of nitrogens with one attached hydrogen (secondary N) is 3. The van der Waals surface area contributed by atoms with Crippen molar-refractivity contribution in [2.75, 3.05) is 20.3 Å². The standard InChI is InChI=1S/C35H35BrN4O7/c1-4-45-30-17-24(33-32(34(42)44-3)21(2)38-35(43)39-33)13-15-29(30)47-20-31(41)40-37-18-22-12-14-28(27(36)16-22)46-19-25-10-7-9-23-8-5-6-11-26(23)25/h5-18,31,33,40-41H,4,19-20H2,1-3H3,(H2,38,39,43)/b37-18-/t31-,33+/m1/s1. The molecule has 1 heterocycles. The van der Waals surface area contributed by atoms with E-state index in [0.717, 1.165) is 21.0 Å². The number of rotatable bonds is 13. The molecule has 2 atom stereocenters. The van der Waals surface area contributed by atoms with Gasteiger partial charge in [-0.05, 0) is 87.6 Å². The van der Waals surface area contributed by atoms with Crippen molar-refractivity contribution >= 4 is 44.9 Å². The number of fused-ring (bicyclic) bond motifs is 1. The fraction of sp³-hybridized carbons (Fsp3) is 0.229. The Morgan fingerprint density at radius 3 is 2.60 bits per heavy atom. The van der Waals surface area contributed by atoms with Crippen molar-refractivity contribution in [1.82, 2.24) is 16.1 Å². The lowest BCUT2D eigenvalue weighted by molar-refractivity contribution is -0.136. The van der Waals surface area contributed by atoms with Crippen LogP contribution in [-0.4, -0.2) is 49.9 Å². The molecule has 12 heteroatoms. The first-order valence-corrected chi connectivity index (χ1v) is 15.7. The van der Waals surface area contributed by atoms with Crippen LogP contribution in [-0.2, 0) is 16.1 Å². The van der Waals surface area contributed by atoms with E-state index in [0.29, 0.717) is 41.7 Å². The quantitative estimate of drug-likeness (QED) is 0.0602. The van der Waals surface area contributed by atoms with Crippen molar-refractivity contribution in [1.29, 1.82) is 0 Å². The predicted octanol–water partition coefficient (Wildman–Crippen LogP) is 5.70. The zero-order valence-corrected chi connectivity index (χ0v) is 27.7. The largest absolute Gasteiger partial charge is 0.490 e. The number of allylic oxidation sites excluding steroid dienone is 1. The number of esters is 1. The molecule has 0 fully saturated rings. The first-order valence-electron chi connectivity index (χ1n) is 14.9. The number of hydrogen-bond acceptors (Lipinski definition) is 9. The van der Waals surface area contributed by atoms with Crippen molar-refractivity contribution in [3.63, 3.8) is 0 Å². The number of aliphatic hydroxyl groups excluding tert-OH is 1. The summed E-state index contributed by atoms with van der Waals surface area (Å²) in [4.78, 5) is 24.6. The molecular weight excluding hydrogens is 668 g/mol. The normalized spacial score (nSPS) is 15.2. The van der Waals surface area contributed by atoms with Crippen molar-refractivity contribution in [2.45, 2.75) is 32.7 Å². The average molecular weight is 704 g/mol. The summed E-state index contributed by atoms with van der Waals surface area (Å²) in [5.41, 5.74) is 5.79. The van der Waals surface area contributed by atoms with E-state index in [1.54, 1.807) is 31.3 Å². The maximum atomic E-state index is 12.5. The highest BCUT2D eigenvalue weighted by molar-refractivity contribution is 9.10. The molecule has 0 bridgehead atoms. The lowest BCUT2D eigenvalue weighted by Crippen LogP contribution is -2.45. The van der Waals surface area contributed by atoms with Gasteiger partial charge in [0.25, 0.3) is 0 Å². The van der Waals surface area contributed by atoms with Crippen LogP contribution in [0.3, 0.4) is 0 Å². The monoisotopic (exact) mass is 702 g/mol.